The lowest BCUT2D eigenvalue weighted by molar-refractivity contribution is -0.175. The van der Waals surface area contributed by atoms with Crippen LogP contribution in [0, 0.1) is 46.3 Å². The molecular formula is C28H47NO4. The van der Waals surface area contributed by atoms with Crippen molar-refractivity contribution in [1.82, 2.24) is 4.90 Å². The van der Waals surface area contributed by atoms with E-state index in [4.69, 9.17) is 4.74 Å². The van der Waals surface area contributed by atoms with Gasteiger partial charge in [-0.25, -0.2) is 0 Å². The number of morpholine rings is 1. The minimum atomic E-state index is -0.240. The van der Waals surface area contributed by atoms with Crippen LogP contribution in [-0.2, 0) is 9.53 Å². The largest absolute Gasteiger partial charge is 0.393 e. The number of aliphatic hydroxyl groups is 2. The van der Waals surface area contributed by atoms with Crippen molar-refractivity contribution in [1.29, 1.82) is 0 Å². The average molecular weight is 462 g/mol. The van der Waals surface area contributed by atoms with Crippen LogP contribution in [0.4, 0.5) is 0 Å². The molecule has 33 heavy (non-hydrogen) atoms. The van der Waals surface area contributed by atoms with Gasteiger partial charge in [-0.1, -0.05) is 20.8 Å². The second kappa shape index (κ2) is 9.09. The van der Waals surface area contributed by atoms with Crippen LogP contribution in [0.5, 0.6) is 0 Å². The van der Waals surface area contributed by atoms with E-state index >= 15 is 0 Å². The first-order valence-corrected chi connectivity index (χ1v) is 14.0. The van der Waals surface area contributed by atoms with E-state index in [1.807, 2.05) is 4.90 Å². The maximum atomic E-state index is 12.7. The third kappa shape index (κ3) is 3.98. The van der Waals surface area contributed by atoms with Crippen LogP contribution < -0.4 is 0 Å². The number of rotatable bonds is 4. The summed E-state index contributed by atoms with van der Waals surface area (Å²) < 4.78 is 5.40. The molecule has 5 rings (SSSR count). The van der Waals surface area contributed by atoms with Crippen molar-refractivity contribution in [2.75, 3.05) is 26.3 Å². The normalized spacial score (nSPS) is 48.5. The Kier molecular flexibility index (Phi) is 6.63. The lowest BCUT2D eigenvalue weighted by Gasteiger charge is -2.62. The van der Waals surface area contributed by atoms with Gasteiger partial charge in [-0.05, 0) is 104 Å². The molecule has 5 aliphatic rings. The van der Waals surface area contributed by atoms with Gasteiger partial charge in [0.25, 0.3) is 0 Å². The Hall–Kier alpha value is -0.650. The van der Waals surface area contributed by atoms with E-state index in [-0.39, 0.29) is 23.5 Å². The van der Waals surface area contributed by atoms with Crippen LogP contribution >= 0.6 is 0 Å². The highest BCUT2D eigenvalue weighted by Gasteiger charge is 2.63. The summed E-state index contributed by atoms with van der Waals surface area (Å²) in [6.45, 7) is 10.0. The molecule has 1 heterocycles. The highest BCUT2D eigenvalue weighted by molar-refractivity contribution is 5.76. The first kappa shape index (κ1) is 24.1. The second-order valence-electron chi connectivity index (χ2n) is 12.9. The zero-order valence-electron chi connectivity index (χ0n) is 21.2. The molecule has 4 aliphatic carbocycles. The minimum Gasteiger partial charge on any atom is -0.393 e. The van der Waals surface area contributed by atoms with Crippen LogP contribution in [0.2, 0.25) is 0 Å². The van der Waals surface area contributed by atoms with E-state index in [0.29, 0.717) is 54.6 Å². The van der Waals surface area contributed by atoms with Gasteiger partial charge < -0.3 is 19.8 Å². The second-order valence-corrected chi connectivity index (χ2v) is 12.9. The highest BCUT2D eigenvalue weighted by atomic mass is 16.5. The van der Waals surface area contributed by atoms with E-state index in [1.54, 1.807) is 0 Å². The van der Waals surface area contributed by atoms with Crippen molar-refractivity contribution in [3.05, 3.63) is 0 Å². The summed E-state index contributed by atoms with van der Waals surface area (Å²) in [6, 6.07) is 0. The molecule has 10 unspecified atom stereocenters. The molecule has 0 radical (unpaired) electrons. The maximum absolute atomic E-state index is 12.7. The molecule has 1 aliphatic heterocycles. The summed E-state index contributed by atoms with van der Waals surface area (Å²) in [7, 11) is 0. The van der Waals surface area contributed by atoms with Crippen LogP contribution in [0.3, 0.4) is 0 Å². The Morgan fingerprint density at radius 1 is 1.03 bits per heavy atom. The molecule has 0 aromatic heterocycles. The number of hydrogen-bond acceptors (Lipinski definition) is 4. The predicted molar refractivity (Wildman–Crippen MR) is 128 cm³/mol. The van der Waals surface area contributed by atoms with E-state index in [2.05, 4.69) is 20.8 Å². The van der Waals surface area contributed by atoms with Crippen molar-refractivity contribution < 1.29 is 19.7 Å². The zero-order valence-corrected chi connectivity index (χ0v) is 21.2. The number of hydrogen-bond donors (Lipinski definition) is 2. The summed E-state index contributed by atoms with van der Waals surface area (Å²) in [5.41, 5.74) is 0.276. The molecule has 1 amide bonds. The van der Waals surface area contributed by atoms with Gasteiger partial charge in [0, 0.05) is 19.5 Å². The Bertz CT molecular complexity index is 723. The topological polar surface area (TPSA) is 70.0 Å². The number of carbonyl (C=O) groups excluding carboxylic acids is 1. The van der Waals surface area contributed by atoms with Crippen molar-refractivity contribution >= 4 is 5.91 Å². The van der Waals surface area contributed by atoms with Gasteiger partial charge in [0.15, 0.2) is 0 Å². The molecule has 0 bridgehead atoms. The van der Waals surface area contributed by atoms with Gasteiger partial charge in [-0.2, -0.15) is 0 Å². The SMILES string of the molecule is CC(CCC(=O)N1CCOCC1)C1CCC2C3CCC4CC(O)CCC4(C)C3CC(O)C12C. The molecule has 10 atom stereocenters. The van der Waals surface area contributed by atoms with E-state index in [0.717, 1.165) is 51.1 Å². The van der Waals surface area contributed by atoms with Crippen molar-refractivity contribution in [2.45, 2.75) is 97.2 Å². The number of carbonyl (C=O) groups is 1. The van der Waals surface area contributed by atoms with Crippen molar-refractivity contribution in [2.24, 2.45) is 46.3 Å². The Morgan fingerprint density at radius 2 is 1.79 bits per heavy atom. The first-order valence-electron chi connectivity index (χ1n) is 14.0. The maximum Gasteiger partial charge on any atom is 0.222 e. The van der Waals surface area contributed by atoms with Crippen molar-refractivity contribution in [3.8, 4) is 0 Å². The number of nitrogens with zero attached hydrogens (tertiary/aromatic N) is 1. The predicted octanol–water partition coefficient (Wildman–Crippen LogP) is 4.25. The summed E-state index contributed by atoms with van der Waals surface area (Å²) in [5, 5.41) is 22.0. The van der Waals surface area contributed by atoms with Gasteiger partial charge in [-0.15, -0.1) is 0 Å². The molecule has 5 nitrogen and oxygen atoms in total. The van der Waals surface area contributed by atoms with E-state index in [1.165, 1.54) is 25.7 Å². The average Bonchev–Trinajstić information content (AvgIpc) is 3.18. The number of aliphatic hydroxyl groups excluding tert-OH is 2. The van der Waals surface area contributed by atoms with Gasteiger partial charge in [0.05, 0.1) is 25.4 Å². The summed E-state index contributed by atoms with van der Waals surface area (Å²) in [5.74, 6) is 3.82. The van der Waals surface area contributed by atoms with Crippen LogP contribution in [0.1, 0.15) is 85.0 Å². The minimum absolute atomic E-state index is 0.0139. The summed E-state index contributed by atoms with van der Waals surface area (Å²) >= 11 is 0. The fourth-order valence-electron chi connectivity index (χ4n) is 9.68. The third-order valence-electron chi connectivity index (χ3n) is 11.7. The molecule has 0 spiro atoms. The van der Waals surface area contributed by atoms with Crippen LogP contribution in [-0.4, -0.2) is 59.5 Å². The number of ether oxygens (including phenoxy) is 1. The first-order chi connectivity index (χ1) is 15.7. The summed E-state index contributed by atoms with van der Waals surface area (Å²) in [6.07, 6.45) is 10.1. The van der Waals surface area contributed by atoms with E-state index < -0.39 is 0 Å². The van der Waals surface area contributed by atoms with Gasteiger partial charge >= 0.3 is 0 Å². The van der Waals surface area contributed by atoms with Gasteiger partial charge in [0.1, 0.15) is 0 Å². The third-order valence-corrected chi connectivity index (χ3v) is 11.7. The van der Waals surface area contributed by atoms with Crippen molar-refractivity contribution in [3.63, 3.8) is 0 Å². The smallest absolute Gasteiger partial charge is 0.222 e. The Morgan fingerprint density at radius 3 is 2.55 bits per heavy atom. The molecule has 1 saturated heterocycles. The van der Waals surface area contributed by atoms with Crippen LogP contribution in [0.25, 0.3) is 0 Å². The standard InChI is InChI=1S/C28H47NO4/c1-18(4-9-26(32)29-12-14-33-15-13-29)22-7-8-23-21-6-5-19-16-20(30)10-11-27(19,2)24(21)17-25(31)28(22,23)3/h18-25,30-31H,4-17H2,1-3H3. The number of fused-ring (bicyclic) bond motifs is 5. The molecule has 0 aromatic rings. The molecule has 2 N–H and O–H groups in total. The Labute approximate surface area is 200 Å². The molecular weight excluding hydrogens is 414 g/mol. The monoisotopic (exact) mass is 461 g/mol. The van der Waals surface area contributed by atoms with E-state index in [9.17, 15) is 15.0 Å². The fraction of sp³-hybridized carbons (Fsp3) is 0.964. The lowest BCUT2D eigenvalue weighted by Crippen LogP contribution is -2.58. The molecule has 5 fully saturated rings. The fourth-order valence-corrected chi connectivity index (χ4v) is 9.68. The van der Waals surface area contributed by atoms with Gasteiger partial charge in [0.2, 0.25) is 5.91 Å². The molecule has 4 saturated carbocycles. The lowest BCUT2D eigenvalue weighted by atomic mass is 9.43. The molecule has 5 heteroatoms. The molecule has 188 valence electrons. The quantitative estimate of drug-likeness (QED) is 0.657. The highest BCUT2D eigenvalue weighted by Crippen LogP contribution is 2.68. The zero-order chi connectivity index (χ0) is 23.4. The molecule has 0 aromatic carbocycles. The van der Waals surface area contributed by atoms with Gasteiger partial charge in [-0.3, -0.25) is 4.79 Å². The number of amides is 1. The summed E-state index contributed by atoms with van der Waals surface area (Å²) in [4.78, 5) is 14.7. The van der Waals surface area contributed by atoms with Crippen LogP contribution in [0.15, 0.2) is 0 Å². The Balaban J connectivity index is 1.27.